The second-order valence-electron chi connectivity index (χ2n) is 4.47. The van der Waals surface area contributed by atoms with Crippen molar-refractivity contribution in [3.05, 3.63) is 59.7 Å². The topological polar surface area (TPSA) is 70.0 Å². The lowest BCUT2D eigenvalue weighted by Gasteiger charge is -2.08. The molecule has 2 aromatic rings. The molecule has 0 amide bonds. The quantitative estimate of drug-likeness (QED) is 0.937. The van der Waals surface area contributed by atoms with Crippen LogP contribution in [0, 0.1) is 11.3 Å². The van der Waals surface area contributed by atoms with E-state index in [1.165, 1.54) is 6.26 Å². The molecule has 2 rings (SSSR count). The Hall–Kier alpha value is -2.32. The summed E-state index contributed by atoms with van der Waals surface area (Å²) >= 11 is 0. The van der Waals surface area contributed by atoms with E-state index in [2.05, 4.69) is 11.4 Å². The minimum absolute atomic E-state index is 0.285. The first kappa shape index (κ1) is 14.1. The third-order valence-corrected chi connectivity index (χ3v) is 3.93. The van der Waals surface area contributed by atoms with Gasteiger partial charge < -0.3 is 5.32 Å². The smallest absolute Gasteiger partial charge is 0.175 e. The van der Waals surface area contributed by atoms with E-state index >= 15 is 0 Å². The minimum Gasteiger partial charge on any atom is -0.381 e. The van der Waals surface area contributed by atoms with E-state index in [0.717, 1.165) is 11.3 Å². The summed E-state index contributed by atoms with van der Waals surface area (Å²) in [6.07, 6.45) is 1.18. The van der Waals surface area contributed by atoms with Crippen LogP contribution in [0.4, 0.5) is 5.69 Å². The molecule has 0 bridgehead atoms. The lowest BCUT2D eigenvalue weighted by molar-refractivity contribution is 0.602. The van der Waals surface area contributed by atoms with E-state index in [9.17, 15) is 8.42 Å². The molecule has 0 saturated carbocycles. The fraction of sp³-hybridized carbons (Fsp3) is 0.133. The van der Waals surface area contributed by atoms with E-state index in [4.69, 9.17) is 5.26 Å². The number of nitrogens with zero attached hydrogens (tertiary/aromatic N) is 1. The highest BCUT2D eigenvalue weighted by Gasteiger charge is 2.07. The van der Waals surface area contributed by atoms with Gasteiger partial charge in [-0.3, -0.25) is 0 Å². The van der Waals surface area contributed by atoms with Crippen LogP contribution in [0.5, 0.6) is 0 Å². The van der Waals surface area contributed by atoms with Gasteiger partial charge in [-0.2, -0.15) is 5.26 Å². The number of nitriles is 1. The molecule has 0 aliphatic carbocycles. The highest BCUT2D eigenvalue weighted by atomic mass is 32.2. The van der Waals surface area contributed by atoms with Crippen LogP contribution in [0.25, 0.3) is 0 Å². The van der Waals surface area contributed by atoms with Crippen LogP contribution in [-0.2, 0) is 16.4 Å². The number of hydrogen-bond donors (Lipinski definition) is 1. The van der Waals surface area contributed by atoms with Gasteiger partial charge in [-0.15, -0.1) is 0 Å². The van der Waals surface area contributed by atoms with Gasteiger partial charge in [0.25, 0.3) is 0 Å². The maximum absolute atomic E-state index is 11.5. The Bertz CT molecular complexity index is 761. The second kappa shape index (κ2) is 5.76. The van der Waals surface area contributed by atoms with E-state index < -0.39 is 9.84 Å². The molecular formula is C15H14N2O2S. The van der Waals surface area contributed by atoms with Gasteiger partial charge in [0.1, 0.15) is 0 Å². The van der Waals surface area contributed by atoms with Crippen LogP contribution in [0.1, 0.15) is 11.1 Å². The van der Waals surface area contributed by atoms with Gasteiger partial charge in [-0.1, -0.05) is 18.2 Å². The summed E-state index contributed by atoms with van der Waals surface area (Å²) in [5.41, 5.74) is 2.30. The van der Waals surface area contributed by atoms with Gasteiger partial charge in [0.05, 0.1) is 16.5 Å². The molecular weight excluding hydrogens is 272 g/mol. The lowest BCUT2D eigenvalue weighted by atomic mass is 10.1. The summed E-state index contributed by atoms with van der Waals surface area (Å²) in [7, 11) is -3.20. The van der Waals surface area contributed by atoms with E-state index in [0.29, 0.717) is 12.1 Å². The predicted molar refractivity (Wildman–Crippen MR) is 78.0 cm³/mol. The van der Waals surface area contributed by atoms with Crippen LogP contribution in [0.2, 0.25) is 0 Å². The third-order valence-electron chi connectivity index (χ3n) is 2.81. The van der Waals surface area contributed by atoms with Gasteiger partial charge in [-0.05, 0) is 35.9 Å². The SMILES string of the molecule is CS(=O)(=O)c1cccc(NCc2cccc(C#N)c2)c1. The summed E-state index contributed by atoms with van der Waals surface area (Å²) < 4.78 is 23.0. The molecule has 0 atom stereocenters. The Morgan fingerprint density at radius 3 is 2.60 bits per heavy atom. The molecule has 0 fully saturated rings. The van der Waals surface area contributed by atoms with Gasteiger partial charge in [-0.25, -0.2) is 8.42 Å². The highest BCUT2D eigenvalue weighted by Crippen LogP contribution is 2.16. The number of hydrogen-bond acceptors (Lipinski definition) is 4. The molecule has 1 N–H and O–H groups in total. The van der Waals surface area contributed by atoms with Crippen LogP contribution in [-0.4, -0.2) is 14.7 Å². The fourth-order valence-corrected chi connectivity index (χ4v) is 2.46. The summed E-state index contributed by atoms with van der Waals surface area (Å²) in [5, 5.41) is 12.0. The standard InChI is InChI=1S/C15H14N2O2S/c1-20(18,19)15-7-3-6-14(9-15)17-11-13-5-2-4-12(8-13)10-16/h2-9,17H,11H2,1H3. The molecule has 20 heavy (non-hydrogen) atoms. The zero-order valence-corrected chi connectivity index (χ0v) is 11.8. The van der Waals surface area contributed by atoms with Crippen molar-refractivity contribution in [2.45, 2.75) is 11.4 Å². The first-order valence-corrected chi connectivity index (χ1v) is 7.91. The van der Waals surface area contributed by atoms with Crippen molar-refractivity contribution in [2.75, 3.05) is 11.6 Å². The molecule has 4 nitrogen and oxygen atoms in total. The van der Waals surface area contributed by atoms with E-state index in [1.807, 2.05) is 18.2 Å². The molecule has 0 heterocycles. The molecule has 0 aromatic heterocycles. The number of rotatable bonds is 4. The first-order valence-electron chi connectivity index (χ1n) is 6.02. The molecule has 0 spiro atoms. The first-order chi connectivity index (χ1) is 9.49. The Kier molecular flexibility index (Phi) is 4.06. The summed E-state index contributed by atoms with van der Waals surface area (Å²) in [5.74, 6) is 0. The molecule has 0 radical (unpaired) electrons. The van der Waals surface area contributed by atoms with Gasteiger partial charge >= 0.3 is 0 Å². The largest absolute Gasteiger partial charge is 0.381 e. The molecule has 0 aliphatic heterocycles. The zero-order chi connectivity index (χ0) is 14.6. The summed E-state index contributed by atoms with van der Waals surface area (Å²) in [4.78, 5) is 0.285. The monoisotopic (exact) mass is 286 g/mol. The zero-order valence-electron chi connectivity index (χ0n) is 11.0. The van der Waals surface area contributed by atoms with Crippen molar-refractivity contribution in [1.29, 1.82) is 5.26 Å². The van der Waals surface area contributed by atoms with Crippen molar-refractivity contribution < 1.29 is 8.42 Å². The molecule has 2 aromatic carbocycles. The summed E-state index contributed by atoms with van der Waals surface area (Å²) in [6, 6.07) is 16.0. The fourth-order valence-electron chi connectivity index (χ4n) is 1.79. The Balaban J connectivity index is 2.13. The van der Waals surface area contributed by atoms with Crippen LogP contribution < -0.4 is 5.32 Å². The molecule has 5 heteroatoms. The maximum atomic E-state index is 11.5. The average Bonchev–Trinajstić information content (AvgIpc) is 2.45. The number of sulfone groups is 1. The van der Waals surface area contributed by atoms with E-state index in [1.54, 1.807) is 30.3 Å². The van der Waals surface area contributed by atoms with Crippen LogP contribution in [0.3, 0.4) is 0 Å². The number of anilines is 1. The van der Waals surface area contributed by atoms with Crippen molar-refractivity contribution in [2.24, 2.45) is 0 Å². The maximum Gasteiger partial charge on any atom is 0.175 e. The van der Waals surface area contributed by atoms with Gasteiger partial charge in [0.2, 0.25) is 0 Å². The van der Waals surface area contributed by atoms with Gasteiger partial charge in [0.15, 0.2) is 9.84 Å². The predicted octanol–water partition coefficient (Wildman–Crippen LogP) is 2.57. The molecule has 0 saturated heterocycles. The number of benzene rings is 2. The number of nitrogens with one attached hydrogen (secondary N) is 1. The van der Waals surface area contributed by atoms with Crippen molar-refractivity contribution in [3.63, 3.8) is 0 Å². The summed E-state index contributed by atoms with van der Waals surface area (Å²) in [6.45, 7) is 0.530. The molecule has 102 valence electrons. The third kappa shape index (κ3) is 3.59. The Labute approximate surface area is 118 Å². The van der Waals surface area contributed by atoms with Gasteiger partial charge in [0, 0.05) is 18.5 Å². The molecule has 0 unspecified atom stereocenters. The van der Waals surface area contributed by atoms with Crippen molar-refractivity contribution in [1.82, 2.24) is 0 Å². The lowest BCUT2D eigenvalue weighted by Crippen LogP contribution is -2.02. The highest BCUT2D eigenvalue weighted by molar-refractivity contribution is 7.90. The second-order valence-corrected chi connectivity index (χ2v) is 6.48. The Morgan fingerprint density at radius 1 is 1.15 bits per heavy atom. The minimum atomic E-state index is -3.20. The van der Waals surface area contributed by atoms with Crippen LogP contribution >= 0.6 is 0 Å². The van der Waals surface area contributed by atoms with Crippen molar-refractivity contribution in [3.8, 4) is 6.07 Å². The van der Waals surface area contributed by atoms with Crippen molar-refractivity contribution >= 4 is 15.5 Å². The normalized spacial score (nSPS) is 10.8. The molecule has 0 aliphatic rings. The Morgan fingerprint density at radius 2 is 1.90 bits per heavy atom. The average molecular weight is 286 g/mol. The van der Waals surface area contributed by atoms with E-state index in [-0.39, 0.29) is 4.90 Å². The van der Waals surface area contributed by atoms with Crippen LogP contribution in [0.15, 0.2) is 53.4 Å².